The van der Waals surface area contributed by atoms with E-state index in [1.165, 1.54) is 18.2 Å². The van der Waals surface area contributed by atoms with Gasteiger partial charge in [-0.25, -0.2) is 0 Å². The number of ether oxygens (including phenoxy) is 1. The third-order valence-electron chi connectivity index (χ3n) is 6.44. The van der Waals surface area contributed by atoms with Crippen LogP contribution in [-0.2, 0) is 25.0 Å². The van der Waals surface area contributed by atoms with E-state index in [0.29, 0.717) is 23.5 Å². The summed E-state index contributed by atoms with van der Waals surface area (Å²) in [6.07, 6.45) is 1.27. The normalized spacial score (nSPS) is 22.6. The average Bonchev–Trinajstić information content (AvgIpc) is 2.80. The van der Waals surface area contributed by atoms with Crippen LogP contribution in [0.3, 0.4) is 0 Å². The lowest BCUT2D eigenvalue weighted by Gasteiger charge is -2.39. The molecule has 10 heteroatoms. The molecule has 35 heavy (non-hydrogen) atoms. The number of fused-ring (bicyclic) bond motifs is 2. The molecule has 1 aliphatic carbocycles. The Kier molecular flexibility index (Phi) is 6.27. The maximum atomic E-state index is 13.9. The third-order valence-corrected chi connectivity index (χ3v) is 7.77. The van der Waals surface area contributed by atoms with Gasteiger partial charge in [0.05, 0.1) is 11.1 Å². The molecule has 4 rings (SSSR count). The van der Waals surface area contributed by atoms with Crippen LogP contribution in [0.25, 0.3) is 0 Å². The number of nitrogens with zero attached hydrogens (tertiary/aromatic N) is 1. The molecule has 184 valence electrons. The van der Waals surface area contributed by atoms with E-state index in [-0.39, 0.29) is 28.0 Å². The standard InChI is InChI=1S/C25H27N3O6S/c1-14(2)10-11-25(3)17-7-5-4-6-16(17)22(30)21(23(25)31)24-27-18-9-8-15(34-13-20(26)29)12-19(18)35(32,33)28-24/h4-9,12,14,21H,10-11,13H2,1-3H3,(H2,26,29)(H,27,28)/t21?,25-/m0/s1. The van der Waals surface area contributed by atoms with Crippen LogP contribution in [0.2, 0.25) is 0 Å². The number of primary amides is 1. The molecule has 1 unspecified atom stereocenters. The van der Waals surface area contributed by atoms with Gasteiger partial charge in [-0.05, 0) is 43.4 Å². The Morgan fingerprint density at radius 1 is 1.20 bits per heavy atom. The number of carbonyl (C=O) groups excluding carboxylic acids is 3. The SMILES string of the molecule is CC(C)CC[C@]1(C)C(=O)C(C2=NS(=O)(=O)c3cc(OCC(N)=O)ccc3N2)C(=O)c2ccccc21. The van der Waals surface area contributed by atoms with E-state index in [0.717, 1.165) is 6.42 Å². The zero-order valence-corrected chi connectivity index (χ0v) is 20.5. The molecule has 3 N–H and O–H groups in total. The van der Waals surface area contributed by atoms with E-state index in [9.17, 15) is 22.8 Å². The minimum Gasteiger partial charge on any atom is -0.484 e. The molecular formula is C25H27N3O6S. The molecule has 0 spiro atoms. The quantitative estimate of drug-likeness (QED) is 0.560. The highest BCUT2D eigenvalue weighted by Crippen LogP contribution is 2.43. The molecule has 1 heterocycles. The van der Waals surface area contributed by atoms with Crippen molar-refractivity contribution in [3.63, 3.8) is 0 Å². The molecule has 2 aromatic carbocycles. The van der Waals surface area contributed by atoms with Gasteiger partial charge in [0.2, 0.25) is 0 Å². The fourth-order valence-electron chi connectivity index (χ4n) is 4.52. The van der Waals surface area contributed by atoms with Crippen LogP contribution >= 0.6 is 0 Å². The Morgan fingerprint density at radius 2 is 1.91 bits per heavy atom. The summed E-state index contributed by atoms with van der Waals surface area (Å²) < 4.78 is 35.1. The van der Waals surface area contributed by atoms with Crippen LogP contribution in [0.5, 0.6) is 5.75 Å². The molecular weight excluding hydrogens is 470 g/mol. The fourth-order valence-corrected chi connectivity index (χ4v) is 5.69. The number of sulfonamides is 1. The number of anilines is 1. The smallest absolute Gasteiger partial charge is 0.286 e. The van der Waals surface area contributed by atoms with Crippen LogP contribution in [0.4, 0.5) is 5.69 Å². The van der Waals surface area contributed by atoms with E-state index in [1.807, 2.05) is 6.92 Å². The lowest BCUT2D eigenvalue weighted by Crippen LogP contribution is -2.51. The molecule has 9 nitrogen and oxygen atoms in total. The van der Waals surface area contributed by atoms with E-state index < -0.39 is 39.7 Å². The first-order chi connectivity index (χ1) is 16.4. The van der Waals surface area contributed by atoms with Gasteiger partial charge in [0.1, 0.15) is 22.4 Å². The number of amides is 1. The Morgan fingerprint density at radius 3 is 2.60 bits per heavy atom. The molecule has 0 radical (unpaired) electrons. The largest absolute Gasteiger partial charge is 0.484 e. The second kappa shape index (κ2) is 8.92. The summed E-state index contributed by atoms with van der Waals surface area (Å²) >= 11 is 0. The highest BCUT2D eigenvalue weighted by molar-refractivity contribution is 7.90. The Hall–Kier alpha value is -3.53. The van der Waals surface area contributed by atoms with Crippen LogP contribution in [0.1, 0.15) is 49.5 Å². The number of benzene rings is 2. The number of ketones is 2. The number of carbonyl (C=O) groups is 3. The average molecular weight is 498 g/mol. The van der Waals surface area contributed by atoms with Crippen molar-refractivity contribution in [2.24, 2.45) is 22.0 Å². The number of Topliss-reactive ketones (excluding diaryl/α,β-unsaturated/α-hetero) is 2. The van der Waals surface area contributed by atoms with Gasteiger partial charge in [0, 0.05) is 11.6 Å². The number of rotatable bonds is 7. The van der Waals surface area contributed by atoms with Crippen molar-refractivity contribution >= 4 is 39.0 Å². The summed E-state index contributed by atoms with van der Waals surface area (Å²) in [7, 11) is -4.26. The summed E-state index contributed by atoms with van der Waals surface area (Å²) in [5, 5.41) is 2.89. The highest BCUT2D eigenvalue weighted by Gasteiger charge is 2.51. The van der Waals surface area contributed by atoms with E-state index in [2.05, 4.69) is 23.6 Å². The Balaban J connectivity index is 1.76. The van der Waals surface area contributed by atoms with Crippen LogP contribution in [-0.4, -0.2) is 38.3 Å². The van der Waals surface area contributed by atoms with Crippen LogP contribution < -0.4 is 15.8 Å². The third kappa shape index (κ3) is 4.45. The summed E-state index contributed by atoms with van der Waals surface area (Å²) in [5.74, 6) is -2.72. The number of hydrogen-bond donors (Lipinski definition) is 2. The molecule has 0 aromatic heterocycles. The van der Waals surface area contributed by atoms with Gasteiger partial charge in [0.15, 0.2) is 18.2 Å². The molecule has 0 saturated heterocycles. The molecule has 2 aromatic rings. The van der Waals surface area contributed by atoms with Gasteiger partial charge in [-0.3, -0.25) is 14.4 Å². The predicted molar refractivity (Wildman–Crippen MR) is 130 cm³/mol. The lowest BCUT2D eigenvalue weighted by atomic mass is 9.63. The van der Waals surface area contributed by atoms with Crippen LogP contribution in [0, 0.1) is 11.8 Å². The molecule has 1 amide bonds. The van der Waals surface area contributed by atoms with Gasteiger partial charge in [0.25, 0.3) is 15.9 Å². The second-order valence-corrected chi connectivity index (χ2v) is 11.0. The first kappa shape index (κ1) is 24.6. The first-order valence-electron chi connectivity index (χ1n) is 11.3. The minimum absolute atomic E-state index is 0.117. The summed E-state index contributed by atoms with van der Waals surface area (Å²) in [6, 6.07) is 11.1. The molecule has 0 bridgehead atoms. The van der Waals surface area contributed by atoms with Crippen molar-refractivity contribution in [2.75, 3.05) is 11.9 Å². The van der Waals surface area contributed by atoms with Crippen molar-refractivity contribution in [3.8, 4) is 5.75 Å². The Bertz CT molecular complexity index is 1370. The number of nitrogens with one attached hydrogen (secondary N) is 1. The topological polar surface area (TPSA) is 145 Å². The second-order valence-electron chi connectivity index (χ2n) is 9.46. The fraction of sp³-hybridized carbons (Fsp3) is 0.360. The molecule has 2 atom stereocenters. The molecule has 0 saturated carbocycles. The highest BCUT2D eigenvalue weighted by atomic mass is 32.2. The van der Waals surface area contributed by atoms with Gasteiger partial charge in [-0.15, -0.1) is 4.40 Å². The predicted octanol–water partition coefficient (Wildman–Crippen LogP) is 2.84. The van der Waals surface area contributed by atoms with E-state index in [1.54, 1.807) is 24.3 Å². The number of nitrogens with two attached hydrogens (primary N) is 1. The number of amidine groups is 1. The van der Waals surface area contributed by atoms with Crippen molar-refractivity contribution in [1.29, 1.82) is 0 Å². The zero-order valence-electron chi connectivity index (χ0n) is 19.7. The van der Waals surface area contributed by atoms with Gasteiger partial charge >= 0.3 is 0 Å². The molecule has 2 aliphatic rings. The summed E-state index contributed by atoms with van der Waals surface area (Å²) in [4.78, 5) is 38.1. The molecule has 0 fully saturated rings. The molecule has 1 aliphatic heterocycles. The van der Waals surface area contributed by atoms with E-state index >= 15 is 0 Å². The zero-order chi connectivity index (χ0) is 25.5. The van der Waals surface area contributed by atoms with E-state index in [4.69, 9.17) is 10.5 Å². The van der Waals surface area contributed by atoms with Gasteiger partial charge in [-0.1, -0.05) is 38.1 Å². The lowest BCUT2D eigenvalue weighted by molar-refractivity contribution is -0.125. The van der Waals surface area contributed by atoms with Crippen molar-refractivity contribution in [3.05, 3.63) is 53.6 Å². The number of hydrogen-bond acceptors (Lipinski definition) is 7. The van der Waals surface area contributed by atoms with Crippen LogP contribution in [0.15, 0.2) is 51.8 Å². The summed E-state index contributed by atoms with van der Waals surface area (Å²) in [5.41, 5.74) is 5.31. The van der Waals surface area contributed by atoms with Gasteiger partial charge in [-0.2, -0.15) is 8.42 Å². The van der Waals surface area contributed by atoms with Crippen molar-refractivity contribution in [2.45, 2.75) is 43.9 Å². The first-order valence-corrected chi connectivity index (χ1v) is 12.7. The van der Waals surface area contributed by atoms with Crippen molar-refractivity contribution in [1.82, 2.24) is 0 Å². The maximum Gasteiger partial charge on any atom is 0.286 e. The minimum atomic E-state index is -4.26. The maximum absolute atomic E-state index is 13.9. The summed E-state index contributed by atoms with van der Waals surface area (Å²) in [6.45, 7) is 5.51. The Labute approximate surface area is 203 Å². The van der Waals surface area contributed by atoms with Gasteiger partial charge < -0.3 is 15.8 Å². The van der Waals surface area contributed by atoms with Crippen molar-refractivity contribution < 1.29 is 27.5 Å². The monoisotopic (exact) mass is 497 g/mol.